The Morgan fingerprint density at radius 3 is 2.38 bits per heavy atom. The molecule has 1 fully saturated rings. The van der Waals surface area contributed by atoms with E-state index in [1.54, 1.807) is 0 Å². The standard InChI is InChI=1S/C17H18F3N3O/c1-22-11-14(15(21-22)17(18,19)20)16(24)23-9-7-13(8-10-23)12-5-3-2-4-6-12/h2-6,11,13H,7-10H2,1H3. The van der Waals surface area contributed by atoms with Gasteiger partial charge >= 0.3 is 6.18 Å². The molecule has 0 atom stereocenters. The molecule has 0 bridgehead atoms. The number of aromatic nitrogens is 2. The topological polar surface area (TPSA) is 38.1 Å². The fourth-order valence-corrected chi connectivity index (χ4v) is 3.17. The first kappa shape index (κ1) is 16.5. The number of nitrogens with zero attached hydrogens (tertiary/aromatic N) is 3. The lowest BCUT2D eigenvalue weighted by Gasteiger charge is -2.32. The zero-order chi connectivity index (χ0) is 17.3. The van der Waals surface area contributed by atoms with Crippen molar-refractivity contribution in [3.05, 3.63) is 53.3 Å². The molecule has 1 saturated heterocycles. The van der Waals surface area contributed by atoms with Gasteiger partial charge in [0, 0.05) is 26.3 Å². The lowest BCUT2D eigenvalue weighted by atomic mass is 9.89. The monoisotopic (exact) mass is 337 g/mol. The second-order valence-corrected chi connectivity index (χ2v) is 6.04. The molecule has 1 aromatic heterocycles. The number of hydrogen-bond donors (Lipinski definition) is 0. The lowest BCUT2D eigenvalue weighted by molar-refractivity contribution is -0.141. The minimum atomic E-state index is -4.63. The summed E-state index contributed by atoms with van der Waals surface area (Å²) < 4.78 is 40.1. The molecule has 24 heavy (non-hydrogen) atoms. The summed E-state index contributed by atoms with van der Waals surface area (Å²) >= 11 is 0. The van der Waals surface area contributed by atoms with Gasteiger partial charge in [0.05, 0.1) is 5.56 Å². The normalized spacial score (nSPS) is 16.4. The van der Waals surface area contributed by atoms with E-state index >= 15 is 0 Å². The van der Waals surface area contributed by atoms with E-state index < -0.39 is 17.8 Å². The van der Waals surface area contributed by atoms with Crippen LogP contribution in [0.15, 0.2) is 36.5 Å². The van der Waals surface area contributed by atoms with Crippen molar-refractivity contribution >= 4 is 5.91 Å². The van der Waals surface area contributed by atoms with Gasteiger partial charge in [-0.05, 0) is 24.3 Å². The second-order valence-electron chi connectivity index (χ2n) is 6.04. The van der Waals surface area contributed by atoms with E-state index in [1.165, 1.54) is 17.5 Å². The van der Waals surface area contributed by atoms with Gasteiger partial charge in [-0.3, -0.25) is 9.48 Å². The van der Waals surface area contributed by atoms with Gasteiger partial charge in [0.2, 0.25) is 0 Å². The number of halogens is 3. The van der Waals surface area contributed by atoms with Gasteiger partial charge < -0.3 is 4.90 Å². The predicted octanol–water partition coefficient (Wildman–Crippen LogP) is 3.46. The fourth-order valence-electron chi connectivity index (χ4n) is 3.17. The Labute approximate surface area is 137 Å². The van der Waals surface area contributed by atoms with Crippen molar-refractivity contribution in [3.8, 4) is 0 Å². The Balaban J connectivity index is 1.72. The van der Waals surface area contributed by atoms with Crippen LogP contribution in [0, 0.1) is 0 Å². The van der Waals surface area contributed by atoms with Crippen molar-refractivity contribution in [3.63, 3.8) is 0 Å². The largest absolute Gasteiger partial charge is 0.435 e. The molecule has 0 radical (unpaired) electrons. The molecule has 3 rings (SSSR count). The fraction of sp³-hybridized carbons (Fsp3) is 0.412. The Kier molecular flexibility index (Phi) is 4.34. The molecular formula is C17H18F3N3O. The summed E-state index contributed by atoms with van der Waals surface area (Å²) in [5.41, 5.74) is -0.273. The van der Waals surface area contributed by atoms with Crippen LogP contribution in [0.25, 0.3) is 0 Å². The van der Waals surface area contributed by atoms with Crippen molar-refractivity contribution in [2.24, 2.45) is 7.05 Å². The minimum Gasteiger partial charge on any atom is -0.338 e. The Bertz CT molecular complexity index is 716. The maximum Gasteiger partial charge on any atom is 0.435 e. The molecule has 1 aliphatic heterocycles. The second kappa shape index (κ2) is 6.30. The molecule has 2 aromatic rings. The number of alkyl halides is 3. The first-order valence-corrected chi connectivity index (χ1v) is 7.81. The van der Waals surface area contributed by atoms with Crippen LogP contribution in [0.4, 0.5) is 13.2 Å². The summed E-state index contributed by atoms with van der Waals surface area (Å²) in [5.74, 6) is -0.256. The van der Waals surface area contributed by atoms with Gasteiger partial charge in [-0.2, -0.15) is 18.3 Å². The number of aryl methyl sites for hydroxylation is 1. The zero-order valence-electron chi connectivity index (χ0n) is 13.3. The van der Waals surface area contributed by atoms with Gasteiger partial charge in [0.25, 0.3) is 5.91 Å². The van der Waals surface area contributed by atoms with Gasteiger partial charge in [-0.25, -0.2) is 0 Å². The predicted molar refractivity (Wildman–Crippen MR) is 82.5 cm³/mol. The summed E-state index contributed by atoms with van der Waals surface area (Å²) in [4.78, 5) is 14.0. The average Bonchev–Trinajstić information content (AvgIpc) is 2.97. The van der Waals surface area contributed by atoms with Crippen LogP contribution in [0.1, 0.15) is 40.4 Å². The summed E-state index contributed by atoms with van der Waals surface area (Å²) in [5, 5.41) is 3.40. The van der Waals surface area contributed by atoms with Crippen molar-refractivity contribution in [1.29, 1.82) is 0 Å². The number of hydrogen-bond acceptors (Lipinski definition) is 2. The molecule has 2 heterocycles. The van der Waals surface area contributed by atoms with Gasteiger partial charge in [-0.15, -0.1) is 0 Å². The SMILES string of the molecule is Cn1cc(C(=O)N2CCC(c3ccccc3)CC2)c(C(F)(F)F)n1. The molecule has 4 nitrogen and oxygen atoms in total. The van der Waals surface area contributed by atoms with Crippen LogP contribution >= 0.6 is 0 Å². The first-order chi connectivity index (χ1) is 11.4. The smallest absolute Gasteiger partial charge is 0.338 e. The van der Waals surface area contributed by atoms with Crippen molar-refractivity contribution < 1.29 is 18.0 Å². The molecule has 128 valence electrons. The maximum absolute atomic E-state index is 13.0. The zero-order valence-corrected chi connectivity index (χ0v) is 13.3. The van der Waals surface area contributed by atoms with Crippen LogP contribution in [0.5, 0.6) is 0 Å². The van der Waals surface area contributed by atoms with Gasteiger partial charge in [0.1, 0.15) is 0 Å². The molecule has 1 aromatic carbocycles. The van der Waals surface area contributed by atoms with Gasteiger partial charge in [0.15, 0.2) is 5.69 Å². The maximum atomic E-state index is 13.0. The highest BCUT2D eigenvalue weighted by Crippen LogP contribution is 2.33. The number of piperidine rings is 1. The average molecular weight is 337 g/mol. The summed E-state index contributed by atoms with van der Waals surface area (Å²) in [7, 11) is 1.38. The third-order valence-electron chi connectivity index (χ3n) is 4.38. The molecule has 0 unspecified atom stereocenters. The van der Waals surface area contributed by atoms with E-state index in [9.17, 15) is 18.0 Å². The van der Waals surface area contributed by atoms with E-state index in [0.717, 1.165) is 23.7 Å². The van der Waals surface area contributed by atoms with E-state index in [-0.39, 0.29) is 5.56 Å². The lowest BCUT2D eigenvalue weighted by Crippen LogP contribution is -2.38. The van der Waals surface area contributed by atoms with Crippen molar-refractivity contribution in [2.75, 3.05) is 13.1 Å². The highest BCUT2D eigenvalue weighted by Gasteiger charge is 2.40. The van der Waals surface area contributed by atoms with Crippen LogP contribution in [0.3, 0.4) is 0 Å². The molecule has 0 aliphatic carbocycles. The summed E-state index contributed by atoms with van der Waals surface area (Å²) in [6.07, 6.45) is -1.99. The highest BCUT2D eigenvalue weighted by atomic mass is 19.4. The minimum absolute atomic E-state index is 0.339. The summed E-state index contributed by atoms with van der Waals surface area (Å²) in [6.45, 7) is 0.898. The molecular weight excluding hydrogens is 319 g/mol. The molecule has 1 amide bonds. The van der Waals surface area contributed by atoms with E-state index in [4.69, 9.17) is 0 Å². The van der Waals surface area contributed by atoms with E-state index in [1.807, 2.05) is 30.3 Å². The van der Waals surface area contributed by atoms with Crippen LogP contribution in [-0.2, 0) is 13.2 Å². The van der Waals surface area contributed by atoms with E-state index in [0.29, 0.717) is 19.0 Å². The Morgan fingerprint density at radius 2 is 1.79 bits per heavy atom. The van der Waals surface area contributed by atoms with Gasteiger partial charge in [-0.1, -0.05) is 30.3 Å². The summed E-state index contributed by atoms with van der Waals surface area (Å²) in [6, 6.07) is 9.98. The number of carbonyl (C=O) groups is 1. The highest BCUT2D eigenvalue weighted by molar-refractivity contribution is 5.95. The molecule has 7 heteroatoms. The van der Waals surface area contributed by atoms with Crippen LogP contribution < -0.4 is 0 Å². The first-order valence-electron chi connectivity index (χ1n) is 7.81. The third kappa shape index (κ3) is 3.29. The number of amides is 1. The van der Waals surface area contributed by atoms with Crippen LogP contribution in [0.2, 0.25) is 0 Å². The quantitative estimate of drug-likeness (QED) is 0.842. The molecule has 0 spiro atoms. The third-order valence-corrected chi connectivity index (χ3v) is 4.38. The number of likely N-dealkylation sites (tertiary alicyclic amines) is 1. The van der Waals surface area contributed by atoms with Crippen molar-refractivity contribution in [2.45, 2.75) is 24.9 Å². The number of carbonyl (C=O) groups excluding carboxylic acids is 1. The van der Waals surface area contributed by atoms with E-state index in [2.05, 4.69) is 5.10 Å². The number of benzene rings is 1. The Morgan fingerprint density at radius 1 is 1.17 bits per heavy atom. The molecule has 0 saturated carbocycles. The molecule has 1 aliphatic rings. The number of rotatable bonds is 2. The van der Waals surface area contributed by atoms with Crippen LogP contribution in [-0.4, -0.2) is 33.7 Å². The van der Waals surface area contributed by atoms with Crippen molar-refractivity contribution in [1.82, 2.24) is 14.7 Å². The Hall–Kier alpha value is -2.31. The molecule has 0 N–H and O–H groups in total.